The molecule has 4 heteroatoms. The van der Waals surface area contributed by atoms with Gasteiger partial charge in [-0.15, -0.1) is 0 Å². The van der Waals surface area contributed by atoms with Crippen molar-refractivity contribution in [3.63, 3.8) is 0 Å². The Bertz CT molecular complexity index is 348. The van der Waals surface area contributed by atoms with E-state index in [4.69, 9.17) is 0 Å². The molecule has 0 radical (unpaired) electrons. The highest BCUT2D eigenvalue weighted by atomic mass is 16.2. The van der Waals surface area contributed by atoms with Crippen LogP contribution in [0, 0.1) is 11.8 Å². The van der Waals surface area contributed by atoms with Crippen LogP contribution in [0.15, 0.2) is 0 Å². The fraction of sp³-hybridized carbons (Fsp3) is 0.867. The molecule has 0 bridgehead atoms. The van der Waals surface area contributed by atoms with E-state index in [0.717, 1.165) is 6.54 Å². The third kappa shape index (κ3) is 3.10. The maximum atomic E-state index is 12.5. The van der Waals surface area contributed by atoms with E-state index in [-0.39, 0.29) is 29.8 Å². The van der Waals surface area contributed by atoms with Crippen LogP contribution in [0.4, 0.5) is 0 Å². The van der Waals surface area contributed by atoms with Gasteiger partial charge in [0.25, 0.3) is 0 Å². The molecule has 0 spiro atoms. The van der Waals surface area contributed by atoms with Crippen molar-refractivity contribution in [1.29, 1.82) is 0 Å². The van der Waals surface area contributed by atoms with E-state index in [9.17, 15) is 9.59 Å². The molecule has 0 aromatic carbocycles. The van der Waals surface area contributed by atoms with Crippen molar-refractivity contribution < 1.29 is 9.59 Å². The Balaban J connectivity index is 2.06. The number of hydrogen-bond acceptors (Lipinski definition) is 2. The fourth-order valence-electron chi connectivity index (χ4n) is 3.19. The Labute approximate surface area is 115 Å². The van der Waals surface area contributed by atoms with Gasteiger partial charge >= 0.3 is 0 Å². The Kier molecular flexibility index (Phi) is 4.48. The van der Waals surface area contributed by atoms with Crippen LogP contribution in [0.2, 0.25) is 0 Å². The number of piperazine rings is 1. The molecule has 2 unspecified atom stereocenters. The maximum absolute atomic E-state index is 12.5. The second-order valence-corrected chi connectivity index (χ2v) is 6.40. The van der Waals surface area contributed by atoms with Crippen LogP contribution in [0.5, 0.6) is 0 Å². The van der Waals surface area contributed by atoms with Gasteiger partial charge in [-0.2, -0.15) is 0 Å². The van der Waals surface area contributed by atoms with Crippen molar-refractivity contribution in [1.82, 2.24) is 10.2 Å². The normalized spacial score (nSPS) is 29.8. The summed E-state index contributed by atoms with van der Waals surface area (Å²) < 4.78 is 0. The molecule has 0 aromatic rings. The zero-order valence-electron chi connectivity index (χ0n) is 12.3. The standard InChI is InChI=1S/C15H26N2O2/c1-10(2)13-15(19)17(11(3)14(18)16-13)9-12-7-5-4-6-8-12/h10-13H,4-9H2,1-3H3,(H,16,18). The topological polar surface area (TPSA) is 49.4 Å². The predicted molar refractivity (Wildman–Crippen MR) is 74.5 cm³/mol. The molecule has 2 atom stereocenters. The molecule has 2 rings (SSSR count). The number of nitrogens with one attached hydrogen (secondary N) is 1. The molecule has 108 valence electrons. The first-order valence-electron chi connectivity index (χ1n) is 7.61. The number of nitrogens with zero attached hydrogens (tertiary/aromatic N) is 1. The van der Waals surface area contributed by atoms with Crippen molar-refractivity contribution in [2.75, 3.05) is 6.54 Å². The molecule has 1 saturated carbocycles. The van der Waals surface area contributed by atoms with Gasteiger partial charge < -0.3 is 10.2 Å². The highest BCUT2D eigenvalue weighted by Crippen LogP contribution is 2.26. The lowest BCUT2D eigenvalue weighted by Gasteiger charge is -2.41. The third-order valence-corrected chi connectivity index (χ3v) is 4.54. The molecule has 2 fully saturated rings. The minimum absolute atomic E-state index is 0.00545. The van der Waals surface area contributed by atoms with Crippen LogP contribution in [0.25, 0.3) is 0 Å². The summed E-state index contributed by atoms with van der Waals surface area (Å²) in [5.74, 6) is 0.832. The van der Waals surface area contributed by atoms with Crippen LogP contribution in [0.1, 0.15) is 52.9 Å². The van der Waals surface area contributed by atoms with Gasteiger partial charge in [0.2, 0.25) is 11.8 Å². The number of carbonyl (C=O) groups excluding carboxylic acids is 2. The van der Waals surface area contributed by atoms with E-state index in [1.165, 1.54) is 32.1 Å². The highest BCUT2D eigenvalue weighted by Gasteiger charge is 2.40. The summed E-state index contributed by atoms with van der Waals surface area (Å²) in [4.78, 5) is 26.3. The van der Waals surface area contributed by atoms with Gasteiger partial charge in [0, 0.05) is 6.54 Å². The maximum Gasteiger partial charge on any atom is 0.246 e. The SMILES string of the molecule is CC(C)C1NC(=O)C(C)N(CC2CCCCC2)C1=O. The van der Waals surface area contributed by atoms with Crippen molar-refractivity contribution in [3.8, 4) is 0 Å². The number of hydrogen-bond donors (Lipinski definition) is 1. The van der Waals surface area contributed by atoms with Crippen LogP contribution in [-0.2, 0) is 9.59 Å². The number of carbonyl (C=O) groups is 2. The molecule has 1 aliphatic carbocycles. The Morgan fingerprint density at radius 3 is 2.42 bits per heavy atom. The van der Waals surface area contributed by atoms with Gasteiger partial charge in [-0.05, 0) is 31.6 Å². The molecule has 1 heterocycles. The first kappa shape index (κ1) is 14.4. The molecule has 1 N–H and O–H groups in total. The van der Waals surface area contributed by atoms with Crippen LogP contribution >= 0.6 is 0 Å². The summed E-state index contributed by atoms with van der Waals surface area (Å²) in [5, 5.41) is 2.85. The van der Waals surface area contributed by atoms with Crippen LogP contribution < -0.4 is 5.32 Å². The summed E-state index contributed by atoms with van der Waals surface area (Å²) >= 11 is 0. The van der Waals surface area contributed by atoms with Crippen molar-refractivity contribution in [3.05, 3.63) is 0 Å². The number of amides is 2. The third-order valence-electron chi connectivity index (χ3n) is 4.54. The first-order chi connectivity index (χ1) is 9.00. The summed E-state index contributed by atoms with van der Waals surface area (Å²) in [6.45, 7) is 6.57. The molecule has 1 saturated heterocycles. The molecular formula is C15H26N2O2. The average Bonchev–Trinajstić information content (AvgIpc) is 2.40. The highest BCUT2D eigenvalue weighted by molar-refractivity contribution is 5.96. The lowest BCUT2D eigenvalue weighted by atomic mass is 9.87. The molecule has 19 heavy (non-hydrogen) atoms. The average molecular weight is 266 g/mol. The van der Waals surface area contributed by atoms with Crippen molar-refractivity contribution in [2.45, 2.75) is 65.0 Å². The van der Waals surface area contributed by atoms with E-state index >= 15 is 0 Å². The van der Waals surface area contributed by atoms with E-state index in [2.05, 4.69) is 5.32 Å². The fourth-order valence-corrected chi connectivity index (χ4v) is 3.19. The Morgan fingerprint density at radius 1 is 1.21 bits per heavy atom. The molecule has 4 nitrogen and oxygen atoms in total. The zero-order chi connectivity index (χ0) is 14.0. The summed E-state index contributed by atoms with van der Waals surface area (Å²) in [5.41, 5.74) is 0. The summed E-state index contributed by atoms with van der Waals surface area (Å²) in [7, 11) is 0. The molecule has 1 aliphatic heterocycles. The minimum atomic E-state index is -0.340. The van der Waals surface area contributed by atoms with Gasteiger partial charge in [-0.1, -0.05) is 33.1 Å². The van der Waals surface area contributed by atoms with Gasteiger partial charge in [0.05, 0.1) is 0 Å². The molecule has 2 amide bonds. The first-order valence-corrected chi connectivity index (χ1v) is 7.61. The smallest absolute Gasteiger partial charge is 0.246 e. The minimum Gasteiger partial charge on any atom is -0.342 e. The van der Waals surface area contributed by atoms with Crippen molar-refractivity contribution >= 4 is 11.8 Å². The van der Waals surface area contributed by atoms with Crippen LogP contribution in [-0.4, -0.2) is 35.3 Å². The second-order valence-electron chi connectivity index (χ2n) is 6.40. The van der Waals surface area contributed by atoms with E-state index < -0.39 is 0 Å². The quantitative estimate of drug-likeness (QED) is 0.848. The largest absolute Gasteiger partial charge is 0.342 e. The monoisotopic (exact) mass is 266 g/mol. The summed E-state index contributed by atoms with van der Waals surface area (Å²) in [6.07, 6.45) is 6.24. The van der Waals surface area contributed by atoms with Crippen molar-refractivity contribution in [2.24, 2.45) is 11.8 Å². The van der Waals surface area contributed by atoms with Crippen LogP contribution in [0.3, 0.4) is 0 Å². The summed E-state index contributed by atoms with van der Waals surface area (Å²) in [6, 6.07) is -0.656. The zero-order valence-corrected chi connectivity index (χ0v) is 12.3. The van der Waals surface area contributed by atoms with Gasteiger partial charge in [0.1, 0.15) is 12.1 Å². The molecule has 0 aromatic heterocycles. The second kappa shape index (κ2) is 5.93. The Morgan fingerprint density at radius 2 is 1.84 bits per heavy atom. The van der Waals surface area contributed by atoms with Gasteiger partial charge in [0.15, 0.2) is 0 Å². The van der Waals surface area contributed by atoms with Gasteiger partial charge in [-0.3, -0.25) is 9.59 Å². The molecular weight excluding hydrogens is 240 g/mol. The Hall–Kier alpha value is -1.06. The lowest BCUT2D eigenvalue weighted by Crippen LogP contribution is -2.64. The van der Waals surface area contributed by atoms with E-state index in [0.29, 0.717) is 5.92 Å². The molecule has 2 aliphatic rings. The van der Waals surface area contributed by atoms with Gasteiger partial charge in [-0.25, -0.2) is 0 Å². The van der Waals surface area contributed by atoms with E-state index in [1.807, 2.05) is 25.7 Å². The van der Waals surface area contributed by atoms with E-state index in [1.54, 1.807) is 0 Å². The predicted octanol–water partition coefficient (Wildman–Crippen LogP) is 1.94. The number of rotatable bonds is 3. The lowest BCUT2D eigenvalue weighted by molar-refractivity contribution is -0.150.